The van der Waals surface area contributed by atoms with Crippen LogP contribution in [-0.2, 0) is 6.42 Å². The van der Waals surface area contributed by atoms with Crippen LogP contribution in [0, 0.1) is 0 Å². The predicted molar refractivity (Wildman–Crippen MR) is 90.3 cm³/mol. The van der Waals surface area contributed by atoms with Crippen LogP contribution in [0.15, 0.2) is 83.9 Å². The Kier molecular flexibility index (Phi) is 3.92. The fourth-order valence-electron chi connectivity index (χ4n) is 2.48. The number of nitrogens with zero attached hydrogens (tertiary/aromatic N) is 1. The van der Waals surface area contributed by atoms with Crippen LogP contribution in [0.2, 0.25) is 0 Å². The molecule has 3 aromatic rings. The quantitative estimate of drug-likeness (QED) is 0.573. The van der Waals surface area contributed by atoms with Gasteiger partial charge in [-0.1, -0.05) is 72.8 Å². The van der Waals surface area contributed by atoms with Gasteiger partial charge in [0.05, 0.1) is 5.69 Å². The third-order valence-corrected chi connectivity index (χ3v) is 3.62. The molecular weight excluding hydrogens is 254 g/mol. The number of para-hydroxylation sites is 1. The van der Waals surface area contributed by atoms with Gasteiger partial charge in [0.15, 0.2) is 0 Å². The van der Waals surface area contributed by atoms with Gasteiger partial charge in [-0.3, -0.25) is 4.99 Å². The molecule has 0 spiro atoms. The maximum absolute atomic E-state index is 4.08. The fraction of sp³-hybridized carbons (Fsp3) is 0.0500. The van der Waals surface area contributed by atoms with E-state index in [4.69, 9.17) is 0 Å². The van der Waals surface area contributed by atoms with E-state index < -0.39 is 0 Å². The zero-order chi connectivity index (χ0) is 14.5. The van der Waals surface area contributed by atoms with Gasteiger partial charge in [-0.2, -0.15) is 0 Å². The van der Waals surface area contributed by atoms with Crippen LogP contribution in [0.1, 0.15) is 11.1 Å². The maximum atomic E-state index is 4.08. The predicted octanol–water partition coefficient (Wildman–Crippen LogP) is 5.28. The van der Waals surface area contributed by atoms with Crippen molar-refractivity contribution < 1.29 is 0 Å². The Balaban J connectivity index is 1.83. The highest BCUT2D eigenvalue weighted by molar-refractivity contribution is 5.63. The largest absolute Gasteiger partial charge is 0.264 e. The minimum absolute atomic E-state index is 0.879. The Labute approximate surface area is 125 Å². The lowest BCUT2D eigenvalue weighted by Gasteiger charge is -2.07. The third kappa shape index (κ3) is 3.09. The molecule has 0 amide bonds. The molecule has 0 radical (unpaired) electrons. The molecule has 0 atom stereocenters. The van der Waals surface area contributed by atoms with Crippen LogP contribution < -0.4 is 0 Å². The van der Waals surface area contributed by atoms with Crippen molar-refractivity contribution in [3.63, 3.8) is 0 Å². The summed E-state index contributed by atoms with van der Waals surface area (Å²) in [6.07, 6.45) is 0.879. The summed E-state index contributed by atoms with van der Waals surface area (Å²) in [7, 11) is 0. The van der Waals surface area contributed by atoms with Gasteiger partial charge in [0.2, 0.25) is 0 Å². The molecule has 0 bridgehead atoms. The number of aliphatic imine (C=N–C) groups is 1. The molecule has 21 heavy (non-hydrogen) atoms. The molecular formula is C20H17N. The Bertz CT molecular complexity index is 727. The Hall–Kier alpha value is -2.67. The monoisotopic (exact) mass is 271 g/mol. The summed E-state index contributed by atoms with van der Waals surface area (Å²) in [5.74, 6) is 0. The van der Waals surface area contributed by atoms with Crippen LogP contribution in [-0.4, -0.2) is 6.72 Å². The van der Waals surface area contributed by atoms with Crippen molar-refractivity contribution in [2.24, 2.45) is 4.99 Å². The average molecular weight is 271 g/mol. The molecule has 0 heterocycles. The molecule has 0 fully saturated rings. The van der Waals surface area contributed by atoms with Gasteiger partial charge < -0.3 is 0 Å². The second-order valence-electron chi connectivity index (χ2n) is 5.03. The van der Waals surface area contributed by atoms with Crippen LogP contribution >= 0.6 is 0 Å². The molecule has 0 aliphatic heterocycles. The summed E-state index contributed by atoms with van der Waals surface area (Å²) in [6, 6.07) is 27.3. The van der Waals surface area contributed by atoms with E-state index in [9.17, 15) is 0 Å². The molecule has 0 aliphatic carbocycles. The van der Waals surface area contributed by atoms with E-state index in [0.29, 0.717) is 0 Å². The Morgan fingerprint density at radius 2 is 1.29 bits per heavy atom. The molecule has 1 heteroatoms. The van der Waals surface area contributed by atoms with Crippen LogP contribution in [0.4, 0.5) is 5.69 Å². The lowest BCUT2D eigenvalue weighted by molar-refractivity contribution is 1.19. The Morgan fingerprint density at radius 3 is 2.00 bits per heavy atom. The minimum Gasteiger partial charge on any atom is -0.264 e. The van der Waals surface area contributed by atoms with Crippen LogP contribution in [0.25, 0.3) is 11.1 Å². The first-order valence-corrected chi connectivity index (χ1v) is 7.06. The average Bonchev–Trinajstić information content (AvgIpc) is 2.57. The van der Waals surface area contributed by atoms with Gasteiger partial charge >= 0.3 is 0 Å². The van der Waals surface area contributed by atoms with Crippen LogP contribution in [0.3, 0.4) is 0 Å². The molecule has 0 N–H and O–H groups in total. The van der Waals surface area contributed by atoms with E-state index in [1.54, 1.807) is 0 Å². The van der Waals surface area contributed by atoms with E-state index in [0.717, 1.165) is 12.1 Å². The number of hydrogen-bond acceptors (Lipinski definition) is 1. The van der Waals surface area contributed by atoms with E-state index in [2.05, 4.69) is 66.3 Å². The first-order valence-electron chi connectivity index (χ1n) is 7.06. The lowest BCUT2D eigenvalue weighted by Crippen LogP contribution is -1.89. The first kappa shape index (κ1) is 13.3. The molecule has 3 aromatic carbocycles. The van der Waals surface area contributed by atoms with Gasteiger partial charge in [0, 0.05) is 0 Å². The van der Waals surface area contributed by atoms with Gasteiger partial charge in [0.25, 0.3) is 0 Å². The number of benzene rings is 3. The molecule has 0 saturated heterocycles. The summed E-state index contributed by atoms with van der Waals surface area (Å²) in [5, 5.41) is 0. The van der Waals surface area contributed by atoms with Crippen molar-refractivity contribution in [2.75, 3.05) is 0 Å². The van der Waals surface area contributed by atoms with Crippen molar-refractivity contribution >= 4 is 12.4 Å². The minimum atomic E-state index is 0.879. The molecule has 3 rings (SSSR count). The highest BCUT2D eigenvalue weighted by Gasteiger charge is 2.02. The molecule has 0 aliphatic rings. The highest BCUT2D eigenvalue weighted by atomic mass is 14.7. The summed E-state index contributed by atoms with van der Waals surface area (Å²) in [5.41, 5.74) is 5.95. The molecule has 0 unspecified atom stereocenters. The van der Waals surface area contributed by atoms with Crippen molar-refractivity contribution in [1.29, 1.82) is 0 Å². The fourth-order valence-corrected chi connectivity index (χ4v) is 2.48. The summed E-state index contributed by atoms with van der Waals surface area (Å²) in [4.78, 5) is 4.08. The van der Waals surface area contributed by atoms with E-state index in [1.807, 2.05) is 24.3 Å². The normalized spacial score (nSPS) is 10.3. The SMILES string of the molecule is C=Nc1ccccc1Cc1ccc(-c2ccccc2)cc1. The summed E-state index contributed by atoms with van der Waals surface area (Å²) in [6.45, 7) is 3.64. The topological polar surface area (TPSA) is 12.4 Å². The van der Waals surface area contributed by atoms with E-state index in [1.165, 1.54) is 22.3 Å². The lowest BCUT2D eigenvalue weighted by atomic mass is 9.99. The first-order chi connectivity index (χ1) is 10.4. The van der Waals surface area contributed by atoms with Gasteiger partial charge in [-0.05, 0) is 41.5 Å². The van der Waals surface area contributed by atoms with E-state index in [-0.39, 0.29) is 0 Å². The zero-order valence-electron chi connectivity index (χ0n) is 11.9. The Morgan fingerprint density at radius 1 is 0.667 bits per heavy atom. The van der Waals surface area contributed by atoms with Gasteiger partial charge in [-0.25, -0.2) is 0 Å². The molecule has 0 saturated carbocycles. The summed E-state index contributed by atoms with van der Waals surface area (Å²) < 4.78 is 0. The molecule has 1 nitrogen and oxygen atoms in total. The number of rotatable bonds is 4. The molecule has 102 valence electrons. The standard InChI is InChI=1S/C20H17N/c1-21-20-10-6-5-9-19(20)15-16-11-13-18(14-12-16)17-7-3-2-4-8-17/h2-14H,1,15H2. The zero-order valence-corrected chi connectivity index (χ0v) is 11.9. The van der Waals surface area contributed by atoms with Gasteiger partial charge in [-0.15, -0.1) is 0 Å². The summed E-state index contributed by atoms with van der Waals surface area (Å²) >= 11 is 0. The second kappa shape index (κ2) is 6.19. The van der Waals surface area contributed by atoms with Crippen molar-refractivity contribution in [2.45, 2.75) is 6.42 Å². The van der Waals surface area contributed by atoms with Crippen molar-refractivity contribution in [3.05, 3.63) is 90.0 Å². The van der Waals surface area contributed by atoms with Crippen molar-refractivity contribution in [3.8, 4) is 11.1 Å². The third-order valence-electron chi connectivity index (χ3n) is 3.62. The highest BCUT2D eigenvalue weighted by Crippen LogP contribution is 2.23. The molecule has 0 aromatic heterocycles. The number of hydrogen-bond donors (Lipinski definition) is 0. The smallest absolute Gasteiger partial charge is 0.0657 e. The van der Waals surface area contributed by atoms with Gasteiger partial charge in [0.1, 0.15) is 0 Å². The second-order valence-corrected chi connectivity index (χ2v) is 5.03. The van der Waals surface area contributed by atoms with Crippen LogP contribution in [0.5, 0.6) is 0 Å². The van der Waals surface area contributed by atoms with Crippen molar-refractivity contribution in [1.82, 2.24) is 0 Å². The van der Waals surface area contributed by atoms with E-state index >= 15 is 0 Å². The maximum Gasteiger partial charge on any atom is 0.0657 e.